The molecule has 1 aromatic heterocycles. The topological polar surface area (TPSA) is 64.3 Å². The van der Waals surface area contributed by atoms with Crippen LogP contribution in [-0.2, 0) is 11.2 Å². The smallest absolute Gasteiger partial charge is 0.211 e. The number of methoxy groups -OCH3 is 1. The first-order valence-electron chi connectivity index (χ1n) is 8.86. The van der Waals surface area contributed by atoms with Crippen molar-refractivity contribution in [2.45, 2.75) is 20.3 Å². The summed E-state index contributed by atoms with van der Waals surface area (Å²) >= 11 is 1.69. The highest BCUT2D eigenvalue weighted by atomic mass is 32.1. The number of hydrogen-bond acceptors (Lipinski definition) is 4. The zero-order valence-electron chi connectivity index (χ0n) is 15.8. The van der Waals surface area contributed by atoms with E-state index >= 15 is 0 Å². The van der Waals surface area contributed by atoms with Gasteiger partial charge < -0.3 is 15.8 Å². The van der Waals surface area contributed by atoms with Crippen LogP contribution >= 0.6 is 11.3 Å². The molecule has 1 heterocycles. The highest BCUT2D eigenvalue weighted by Gasteiger charge is 2.21. The number of rotatable bonds is 7. The molecule has 0 fully saturated rings. The molecule has 0 bridgehead atoms. The SMILES string of the molecule is COc1cc(C)c(NC=O)c(-c2ccsc2C)c1-c1ccc(CCN)cc1. The Kier molecular flexibility index (Phi) is 5.94. The number of carbonyl (C=O) groups is 1. The summed E-state index contributed by atoms with van der Waals surface area (Å²) < 4.78 is 5.74. The van der Waals surface area contributed by atoms with Crippen LogP contribution in [0.4, 0.5) is 5.69 Å². The molecule has 0 unspecified atom stereocenters. The van der Waals surface area contributed by atoms with Crippen LogP contribution in [0.3, 0.4) is 0 Å². The van der Waals surface area contributed by atoms with Crippen molar-refractivity contribution in [1.82, 2.24) is 0 Å². The summed E-state index contributed by atoms with van der Waals surface area (Å²) in [4.78, 5) is 12.5. The Morgan fingerprint density at radius 2 is 1.89 bits per heavy atom. The highest BCUT2D eigenvalue weighted by Crippen LogP contribution is 2.47. The van der Waals surface area contributed by atoms with Gasteiger partial charge in [0.05, 0.1) is 12.8 Å². The zero-order chi connectivity index (χ0) is 19.4. The molecule has 0 aliphatic heterocycles. The number of ether oxygens (including phenoxy) is 1. The Morgan fingerprint density at radius 1 is 1.15 bits per heavy atom. The van der Waals surface area contributed by atoms with Crippen molar-refractivity contribution < 1.29 is 9.53 Å². The van der Waals surface area contributed by atoms with Crippen LogP contribution in [0.25, 0.3) is 22.3 Å². The summed E-state index contributed by atoms with van der Waals surface area (Å²) in [5.74, 6) is 0.788. The standard InChI is InChI=1S/C22H24N2O2S/c1-14-12-19(26-3)20(17-6-4-16(5-7-17)8-10-23)21(22(14)24-13-25)18-9-11-27-15(18)2/h4-7,9,11-13H,8,10,23H2,1-3H3,(H,24,25). The number of anilines is 1. The van der Waals surface area contributed by atoms with Crippen molar-refractivity contribution in [3.05, 3.63) is 57.8 Å². The summed E-state index contributed by atoms with van der Waals surface area (Å²) in [5, 5.41) is 4.97. The fourth-order valence-electron chi connectivity index (χ4n) is 3.40. The number of nitrogens with two attached hydrogens (primary N) is 1. The molecule has 0 spiro atoms. The van der Waals surface area contributed by atoms with Crippen LogP contribution < -0.4 is 15.8 Å². The number of hydrogen-bond donors (Lipinski definition) is 2. The number of benzene rings is 2. The van der Waals surface area contributed by atoms with E-state index in [2.05, 4.69) is 48.0 Å². The molecule has 4 nitrogen and oxygen atoms in total. The second-order valence-electron chi connectivity index (χ2n) is 6.41. The van der Waals surface area contributed by atoms with Gasteiger partial charge in [0.2, 0.25) is 6.41 Å². The lowest BCUT2D eigenvalue weighted by Gasteiger charge is -2.20. The van der Waals surface area contributed by atoms with Crippen molar-refractivity contribution in [3.63, 3.8) is 0 Å². The van der Waals surface area contributed by atoms with Crippen molar-refractivity contribution in [2.75, 3.05) is 19.0 Å². The quantitative estimate of drug-likeness (QED) is 0.580. The minimum atomic E-state index is 0.625. The minimum Gasteiger partial charge on any atom is -0.496 e. The number of carbonyl (C=O) groups excluding carboxylic acids is 1. The highest BCUT2D eigenvalue weighted by molar-refractivity contribution is 7.10. The normalized spacial score (nSPS) is 10.7. The van der Waals surface area contributed by atoms with E-state index in [1.807, 2.05) is 13.0 Å². The lowest BCUT2D eigenvalue weighted by molar-refractivity contribution is -0.105. The van der Waals surface area contributed by atoms with E-state index in [0.717, 1.165) is 52.1 Å². The molecular weight excluding hydrogens is 356 g/mol. The van der Waals surface area contributed by atoms with Crippen molar-refractivity contribution in [1.29, 1.82) is 0 Å². The summed E-state index contributed by atoms with van der Waals surface area (Å²) in [5.41, 5.74) is 12.8. The molecule has 0 saturated heterocycles. The van der Waals surface area contributed by atoms with Gasteiger partial charge in [0.25, 0.3) is 0 Å². The Morgan fingerprint density at radius 3 is 2.44 bits per heavy atom. The summed E-state index contributed by atoms with van der Waals surface area (Å²) in [6.07, 6.45) is 1.58. The first kappa shape index (κ1) is 19.1. The largest absolute Gasteiger partial charge is 0.496 e. The molecule has 0 atom stereocenters. The van der Waals surface area contributed by atoms with Crippen LogP contribution in [0.2, 0.25) is 0 Å². The number of nitrogens with one attached hydrogen (secondary N) is 1. The first-order chi connectivity index (χ1) is 13.1. The van der Waals surface area contributed by atoms with E-state index in [-0.39, 0.29) is 0 Å². The average molecular weight is 381 g/mol. The summed E-state index contributed by atoms with van der Waals surface area (Å²) in [6.45, 7) is 4.70. The molecule has 0 aliphatic carbocycles. The molecule has 3 rings (SSSR count). The lowest BCUT2D eigenvalue weighted by Crippen LogP contribution is -2.04. The van der Waals surface area contributed by atoms with Gasteiger partial charge in [0.15, 0.2) is 0 Å². The molecule has 140 valence electrons. The average Bonchev–Trinajstić information content (AvgIpc) is 3.09. The molecule has 3 N–H and O–H groups in total. The number of aryl methyl sites for hydroxylation is 2. The van der Waals surface area contributed by atoms with Gasteiger partial charge in [-0.2, -0.15) is 0 Å². The van der Waals surface area contributed by atoms with E-state index in [0.29, 0.717) is 6.54 Å². The Hall–Kier alpha value is -2.63. The molecule has 0 saturated carbocycles. The lowest BCUT2D eigenvalue weighted by atomic mass is 9.89. The van der Waals surface area contributed by atoms with E-state index in [1.165, 1.54) is 10.4 Å². The first-order valence-corrected chi connectivity index (χ1v) is 9.74. The van der Waals surface area contributed by atoms with Gasteiger partial charge in [0, 0.05) is 16.0 Å². The third kappa shape index (κ3) is 3.75. The Bertz CT molecular complexity index is 946. The zero-order valence-corrected chi connectivity index (χ0v) is 16.7. The van der Waals surface area contributed by atoms with Crippen LogP contribution in [-0.4, -0.2) is 20.1 Å². The maximum absolute atomic E-state index is 11.3. The predicted octanol–water partition coefficient (Wildman–Crippen LogP) is 4.78. The van der Waals surface area contributed by atoms with Gasteiger partial charge in [-0.25, -0.2) is 0 Å². The van der Waals surface area contributed by atoms with Crippen LogP contribution in [0.15, 0.2) is 41.8 Å². The second-order valence-corrected chi connectivity index (χ2v) is 7.53. The molecule has 2 aromatic carbocycles. The number of amides is 1. The van der Waals surface area contributed by atoms with Crippen molar-refractivity contribution in [2.24, 2.45) is 5.73 Å². The van der Waals surface area contributed by atoms with Gasteiger partial charge in [-0.05, 0) is 66.6 Å². The number of thiophene rings is 1. The van der Waals surface area contributed by atoms with E-state index < -0.39 is 0 Å². The maximum atomic E-state index is 11.3. The Labute approximate surface area is 164 Å². The summed E-state index contributed by atoms with van der Waals surface area (Å²) in [7, 11) is 1.68. The van der Waals surface area contributed by atoms with Crippen molar-refractivity contribution >= 4 is 23.4 Å². The Balaban J connectivity index is 2.32. The second kappa shape index (κ2) is 8.37. The summed E-state index contributed by atoms with van der Waals surface area (Å²) in [6, 6.07) is 12.4. The molecule has 0 radical (unpaired) electrons. The van der Waals surface area contributed by atoms with Gasteiger partial charge in [-0.3, -0.25) is 4.79 Å². The molecule has 27 heavy (non-hydrogen) atoms. The fraction of sp³-hybridized carbons (Fsp3) is 0.227. The monoisotopic (exact) mass is 380 g/mol. The van der Waals surface area contributed by atoms with Gasteiger partial charge in [0.1, 0.15) is 5.75 Å². The van der Waals surface area contributed by atoms with E-state index in [4.69, 9.17) is 10.5 Å². The molecule has 5 heteroatoms. The fourth-order valence-corrected chi connectivity index (χ4v) is 4.10. The van der Waals surface area contributed by atoms with Crippen LogP contribution in [0.1, 0.15) is 16.0 Å². The van der Waals surface area contributed by atoms with E-state index in [9.17, 15) is 4.79 Å². The maximum Gasteiger partial charge on any atom is 0.211 e. The van der Waals surface area contributed by atoms with Crippen molar-refractivity contribution in [3.8, 4) is 28.0 Å². The minimum absolute atomic E-state index is 0.625. The molecule has 0 aliphatic rings. The van der Waals surface area contributed by atoms with Crippen LogP contribution in [0, 0.1) is 13.8 Å². The molecule has 1 amide bonds. The van der Waals surface area contributed by atoms with Gasteiger partial charge in [-0.15, -0.1) is 11.3 Å². The third-order valence-corrected chi connectivity index (χ3v) is 5.56. The van der Waals surface area contributed by atoms with Crippen LogP contribution in [0.5, 0.6) is 5.75 Å². The van der Waals surface area contributed by atoms with Gasteiger partial charge >= 0.3 is 0 Å². The third-order valence-electron chi connectivity index (χ3n) is 4.72. The molecule has 3 aromatic rings. The molecular formula is C22H24N2O2S. The van der Waals surface area contributed by atoms with E-state index in [1.54, 1.807) is 18.4 Å². The van der Waals surface area contributed by atoms with Gasteiger partial charge in [-0.1, -0.05) is 24.3 Å². The predicted molar refractivity (Wildman–Crippen MR) is 114 cm³/mol.